The summed E-state index contributed by atoms with van der Waals surface area (Å²) in [5.74, 6) is -0.113. The molecule has 0 atom stereocenters. The summed E-state index contributed by atoms with van der Waals surface area (Å²) in [5, 5.41) is 11.8. The van der Waals surface area contributed by atoms with Crippen LogP contribution in [0.4, 0.5) is 10.3 Å². The third kappa shape index (κ3) is 4.90. The van der Waals surface area contributed by atoms with Crippen molar-refractivity contribution >= 4 is 29.0 Å². The van der Waals surface area contributed by atoms with Gasteiger partial charge in [0.1, 0.15) is 22.4 Å². The average Bonchev–Trinajstić information content (AvgIpc) is 3.66. The molecule has 2 aliphatic carbocycles. The molecule has 7 nitrogen and oxygen atoms in total. The van der Waals surface area contributed by atoms with Crippen molar-refractivity contribution in [1.29, 1.82) is 0 Å². The number of benzene rings is 1. The van der Waals surface area contributed by atoms with Gasteiger partial charge in [-0.25, -0.2) is 18.9 Å². The molecule has 6 rings (SSSR count). The zero-order valence-electron chi connectivity index (χ0n) is 20.4. The maximum atomic E-state index is 13.7. The van der Waals surface area contributed by atoms with Crippen LogP contribution < -0.4 is 10.6 Å². The Hall–Kier alpha value is -3.52. The molecule has 3 aromatic heterocycles. The van der Waals surface area contributed by atoms with Crippen LogP contribution in [0.15, 0.2) is 48.5 Å². The van der Waals surface area contributed by atoms with Crippen molar-refractivity contribution in [3.05, 3.63) is 65.2 Å². The standard InChI is InChI=1S/C28H28ClFN6O/c29-24-11-5-10-23-25(26(35-36(23)24)17-12-14-18(30)15-13-17)21-16-22(27(37)31-19-6-1-2-7-19)34-28(33-21)32-20-8-3-4-9-20/h5,10-16,19-20H,1-4,6-9H2,(H,31,37)(H,32,33,34). The molecule has 3 heterocycles. The predicted molar refractivity (Wildman–Crippen MR) is 142 cm³/mol. The maximum absolute atomic E-state index is 13.7. The second-order valence-corrected chi connectivity index (χ2v) is 10.3. The molecular formula is C28H28ClFN6O. The van der Waals surface area contributed by atoms with Gasteiger partial charge in [0.25, 0.3) is 5.91 Å². The lowest BCUT2D eigenvalue weighted by Gasteiger charge is -2.16. The second-order valence-electron chi connectivity index (χ2n) is 9.92. The molecule has 0 spiro atoms. The highest BCUT2D eigenvalue weighted by atomic mass is 35.5. The summed E-state index contributed by atoms with van der Waals surface area (Å²) in [6.45, 7) is 0. The number of carbonyl (C=O) groups excluding carboxylic acids is 1. The lowest BCUT2D eigenvalue weighted by Crippen LogP contribution is -2.33. The number of pyridine rings is 1. The molecule has 2 fully saturated rings. The van der Waals surface area contributed by atoms with Crippen LogP contribution in [0.25, 0.3) is 28.0 Å². The number of halogens is 2. The zero-order chi connectivity index (χ0) is 25.4. The van der Waals surface area contributed by atoms with Crippen LogP contribution in [0.1, 0.15) is 61.9 Å². The first-order chi connectivity index (χ1) is 18.0. The van der Waals surface area contributed by atoms with E-state index in [0.29, 0.717) is 33.7 Å². The van der Waals surface area contributed by atoms with Crippen molar-refractivity contribution in [1.82, 2.24) is 24.9 Å². The fraction of sp³-hybridized carbons (Fsp3) is 0.357. The van der Waals surface area contributed by atoms with Gasteiger partial charge >= 0.3 is 0 Å². The normalized spacial score (nSPS) is 16.5. The number of nitrogens with zero attached hydrogens (tertiary/aromatic N) is 4. The highest BCUT2D eigenvalue weighted by Gasteiger charge is 2.25. The van der Waals surface area contributed by atoms with E-state index in [0.717, 1.165) is 62.4 Å². The molecule has 2 aliphatic rings. The van der Waals surface area contributed by atoms with Gasteiger partial charge in [-0.1, -0.05) is 43.4 Å². The van der Waals surface area contributed by atoms with Gasteiger partial charge in [-0.2, -0.15) is 5.10 Å². The van der Waals surface area contributed by atoms with Gasteiger partial charge < -0.3 is 10.6 Å². The molecule has 9 heteroatoms. The summed E-state index contributed by atoms with van der Waals surface area (Å²) in [5.41, 5.74) is 3.63. The quantitative estimate of drug-likeness (QED) is 0.293. The number of nitrogens with one attached hydrogen (secondary N) is 2. The molecule has 37 heavy (non-hydrogen) atoms. The lowest BCUT2D eigenvalue weighted by molar-refractivity contribution is 0.0933. The first-order valence-electron chi connectivity index (χ1n) is 13.0. The first kappa shape index (κ1) is 23.9. The molecular weight excluding hydrogens is 491 g/mol. The second kappa shape index (κ2) is 10.1. The summed E-state index contributed by atoms with van der Waals surface area (Å²) in [7, 11) is 0. The maximum Gasteiger partial charge on any atom is 0.270 e. The van der Waals surface area contributed by atoms with Crippen molar-refractivity contribution in [3.8, 4) is 22.5 Å². The number of anilines is 1. The van der Waals surface area contributed by atoms with Crippen LogP contribution in [-0.2, 0) is 0 Å². The summed E-state index contributed by atoms with van der Waals surface area (Å²) in [6.07, 6.45) is 8.63. The fourth-order valence-electron chi connectivity index (χ4n) is 5.44. The molecule has 2 N–H and O–H groups in total. The Balaban J connectivity index is 1.50. The molecule has 0 aliphatic heterocycles. The molecule has 0 unspecified atom stereocenters. The van der Waals surface area contributed by atoms with Crippen LogP contribution in [0, 0.1) is 5.82 Å². The van der Waals surface area contributed by atoms with Crippen molar-refractivity contribution in [2.45, 2.75) is 63.5 Å². The predicted octanol–water partition coefficient (Wildman–Crippen LogP) is 6.28. The van der Waals surface area contributed by atoms with E-state index in [1.165, 1.54) is 12.1 Å². The Labute approximate surface area is 219 Å². The highest BCUT2D eigenvalue weighted by Crippen LogP contribution is 2.36. The lowest BCUT2D eigenvalue weighted by atomic mass is 10.0. The monoisotopic (exact) mass is 518 g/mol. The summed E-state index contributed by atoms with van der Waals surface area (Å²) in [6, 6.07) is 13.8. The van der Waals surface area contributed by atoms with Gasteiger partial charge in [0.05, 0.1) is 16.8 Å². The van der Waals surface area contributed by atoms with Crippen molar-refractivity contribution in [2.75, 3.05) is 5.32 Å². The Morgan fingerprint density at radius 3 is 2.38 bits per heavy atom. The number of amides is 1. The number of hydrogen-bond acceptors (Lipinski definition) is 5. The molecule has 2 saturated carbocycles. The van der Waals surface area contributed by atoms with Crippen LogP contribution >= 0.6 is 11.6 Å². The Morgan fingerprint density at radius 2 is 1.65 bits per heavy atom. The van der Waals surface area contributed by atoms with E-state index in [4.69, 9.17) is 21.7 Å². The highest BCUT2D eigenvalue weighted by molar-refractivity contribution is 6.29. The summed E-state index contributed by atoms with van der Waals surface area (Å²) < 4.78 is 15.4. The van der Waals surface area contributed by atoms with Gasteiger partial charge in [0.2, 0.25) is 5.95 Å². The molecule has 190 valence electrons. The topological polar surface area (TPSA) is 84.2 Å². The molecule has 0 radical (unpaired) electrons. The molecule has 0 bridgehead atoms. The molecule has 4 aromatic rings. The van der Waals surface area contributed by atoms with Crippen molar-refractivity contribution in [2.24, 2.45) is 0 Å². The van der Waals surface area contributed by atoms with Crippen LogP contribution in [0.2, 0.25) is 5.15 Å². The fourth-order valence-corrected chi connectivity index (χ4v) is 5.64. The number of rotatable bonds is 6. The van der Waals surface area contributed by atoms with E-state index in [9.17, 15) is 9.18 Å². The Morgan fingerprint density at radius 1 is 0.946 bits per heavy atom. The van der Waals surface area contributed by atoms with Crippen molar-refractivity contribution < 1.29 is 9.18 Å². The first-order valence-corrected chi connectivity index (χ1v) is 13.3. The minimum atomic E-state index is -0.331. The smallest absolute Gasteiger partial charge is 0.270 e. The Bertz CT molecular complexity index is 1440. The molecule has 1 aromatic carbocycles. The molecule has 0 saturated heterocycles. The van der Waals surface area contributed by atoms with Gasteiger partial charge in [0, 0.05) is 17.6 Å². The van der Waals surface area contributed by atoms with E-state index in [-0.39, 0.29) is 23.8 Å². The Kier molecular flexibility index (Phi) is 6.50. The average molecular weight is 519 g/mol. The zero-order valence-corrected chi connectivity index (χ0v) is 21.1. The van der Waals surface area contributed by atoms with Gasteiger partial charge in [-0.3, -0.25) is 4.79 Å². The van der Waals surface area contributed by atoms with Crippen LogP contribution in [-0.4, -0.2) is 37.6 Å². The largest absolute Gasteiger partial charge is 0.351 e. The molecule has 1 amide bonds. The van der Waals surface area contributed by atoms with Gasteiger partial charge in [-0.15, -0.1) is 0 Å². The third-order valence-corrected chi connectivity index (χ3v) is 7.61. The number of carbonyl (C=O) groups is 1. The minimum absolute atomic E-state index is 0.169. The van der Waals surface area contributed by atoms with E-state index < -0.39 is 0 Å². The SMILES string of the molecule is O=C(NC1CCCC1)c1cc(-c2c(-c3ccc(F)cc3)nn3c(Cl)cccc23)nc(NC2CCCC2)n1. The van der Waals surface area contributed by atoms with E-state index in [1.807, 2.05) is 12.1 Å². The van der Waals surface area contributed by atoms with Crippen LogP contribution in [0.3, 0.4) is 0 Å². The third-order valence-electron chi connectivity index (χ3n) is 7.32. The summed E-state index contributed by atoms with van der Waals surface area (Å²) in [4.78, 5) is 22.8. The van der Waals surface area contributed by atoms with Gasteiger partial charge in [0.15, 0.2) is 0 Å². The van der Waals surface area contributed by atoms with Crippen LogP contribution in [0.5, 0.6) is 0 Å². The number of fused-ring (bicyclic) bond motifs is 1. The van der Waals surface area contributed by atoms with Crippen molar-refractivity contribution in [3.63, 3.8) is 0 Å². The van der Waals surface area contributed by atoms with E-state index in [1.54, 1.807) is 28.8 Å². The van der Waals surface area contributed by atoms with E-state index >= 15 is 0 Å². The van der Waals surface area contributed by atoms with E-state index in [2.05, 4.69) is 15.6 Å². The van der Waals surface area contributed by atoms with Gasteiger partial charge in [-0.05, 0) is 68.1 Å². The minimum Gasteiger partial charge on any atom is -0.351 e. The number of hydrogen-bond donors (Lipinski definition) is 2. The summed E-state index contributed by atoms with van der Waals surface area (Å²) >= 11 is 6.50. The number of aromatic nitrogens is 4.